The van der Waals surface area contributed by atoms with Crippen molar-refractivity contribution in [1.82, 2.24) is 0 Å². The van der Waals surface area contributed by atoms with Crippen molar-refractivity contribution in [3.8, 4) is 0 Å². The third-order valence-electron chi connectivity index (χ3n) is 13.5. The molecular weight excluding hydrogens is 805 g/mol. The number of ether oxygens (including phenoxy) is 3. The summed E-state index contributed by atoms with van der Waals surface area (Å²) in [6, 6.07) is 0. The van der Waals surface area contributed by atoms with Crippen LogP contribution in [0.3, 0.4) is 0 Å². The monoisotopic (exact) mass is 919 g/mol. The van der Waals surface area contributed by atoms with Gasteiger partial charge in [-0.05, 0) is 25.2 Å². The zero-order valence-corrected chi connectivity index (χ0v) is 44.5. The molecule has 0 saturated carbocycles. The molecule has 0 rings (SSSR count). The molecule has 0 unspecified atom stereocenters. The van der Waals surface area contributed by atoms with E-state index in [9.17, 15) is 14.4 Å². The third kappa shape index (κ3) is 53.2. The van der Waals surface area contributed by atoms with Gasteiger partial charge < -0.3 is 14.2 Å². The molecule has 0 saturated heterocycles. The smallest absolute Gasteiger partial charge is 0.306 e. The van der Waals surface area contributed by atoms with Crippen molar-refractivity contribution in [2.75, 3.05) is 13.2 Å². The zero-order valence-electron chi connectivity index (χ0n) is 44.5. The van der Waals surface area contributed by atoms with Gasteiger partial charge in [0.15, 0.2) is 6.10 Å². The summed E-state index contributed by atoms with van der Waals surface area (Å²) in [7, 11) is 0. The molecule has 0 aliphatic rings. The second-order valence-corrected chi connectivity index (χ2v) is 20.8. The van der Waals surface area contributed by atoms with Gasteiger partial charge in [-0.1, -0.05) is 297 Å². The first-order valence-corrected chi connectivity index (χ1v) is 29.4. The van der Waals surface area contributed by atoms with Crippen LogP contribution in [0, 0.1) is 5.92 Å². The van der Waals surface area contributed by atoms with Gasteiger partial charge in [0.05, 0.1) is 0 Å². The van der Waals surface area contributed by atoms with Crippen LogP contribution in [-0.4, -0.2) is 37.2 Å². The van der Waals surface area contributed by atoms with E-state index in [-0.39, 0.29) is 31.1 Å². The summed E-state index contributed by atoms with van der Waals surface area (Å²) in [6.07, 6.45) is 58.1. The van der Waals surface area contributed by atoms with Gasteiger partial charge in [0.1, 0.15) is 13.2 Å². The number of hydrogen-bond acceptors (Lipinski definition) is 6. The van der Waals surface area contributed by atoms with E-state index in [4.69, 9.17) is 14.2 Å². The first kappa shape index (κ1) is 63.4. The maximum Gasteiger partial charge on any atom is 0.306 e. The number of unbranched alkanes of at least 4 members (excludes halogenated alkanes) is 41. The molecule has 0 fully saturated rings. The highest BCUT2D eigenvalue weighted by Gasteiger charge is 2.19. The van der Waals surface area contributed by atoms with Gasteiger partial charge in [0.2, 0.25) is 0 Å². The predicted molar refractivity (Wildman–Crippen MR) is 280 cm³/mol. The van der Waals surface area contributed by atoms with E-state index in [1.165, 1.54) is 231 Å². The lowest BCUT2D eigenvalue weighted by Gasteiger charge is -2.18. The summed E-state index contributed by atoms with van der Waals surface area (Å²) < 4.78 is 16.9. The molecule has 0 heterocycles. The van der Waals surface area contributed by atoms with Crippen LogP contribution >= 0.6 is 0 Å². The Kier molecular flexibility index (Phi) is 52.1. The normalized spacial score (nSPS) is 12.0. The highest BCUT2D eigenvalue weighted by Crippen LogP contribution is 2.18. The Morgan fingerprint density at radius 1 is 0.292 bits per heavy atom. The zero-order chi connectivity index (χ0) is 47.4. The van der Waals surface area contributed by atoms with Gasteiger partial charge in [-0.3, -0.25) is 14.4 Å². The van der Waals surface area contributed by atoms with E-state index in [2.05, 4.69) is 27.7 Å². The molecule has 0 aromatic rings. The van der Waals surface area contributed by atoms with Crippen molar-refractivity contribution in [1.29, 1.82) is 0 Å². The SMILES string of the molecule is CCCCCCCCCCCCCCCCCCCCCC(=O)OC[C@H](COC(=O)CCCCCCCCCCCCCCCC)OC(=O)CCCCCCCCCCCCCC(C)C. The largest absolute Gasteiger partial charge is 0.462 e. The summed E-state index contributed by atoms with van der Waals surface area (Å²) >= 11 is 0. The Labute approximate surface area is 406 Å². The number of hydrogen-bond donors (Lipinski definition) is 0. The van der Waals surface area contributed by atoms with E-state index < -0.39 is 6.10 Å². The molecule has 0 amide bonds. The average molecular weight is 920 g/mol. The second kappa shape index (κ2) is 53.4. The Morgan fingerprint density at radius 3 is 0.754 bits per heavy atom. The first-order chi connectivity index (χ1) is 31.9. The minimum Gasteiger partial charge on any atom is -0.462 e. The lowest BCUT2D eigenvalue weighted by Crippen LogP contribution is -2.30. The van der Waals surface area contributed by atoms with Crippen molar-refractivity contribution in [3.05, 3.63) is 0 Å². The van der Waals surface area contributed by atoms with E-state index >= 15 is 0 Å². The van der Waals surface area contributed by atoms with E-state index in [0.29, 0.717) is 19.3 Å². The maximum absolute atomic E-state index is 12.8. The van der Waals surface area contributed by atoms with E-state index in [1.54, 1.807) is 0 Å². The number of rotatable bonds is 54. The van der Waals surface area contributed by atoms with Gasteiger partial charge in [-0.2, -0.15) is 0 Å². The molecule has 0 bridgehead atoms. The topological polar surface area (TPSA) is 78.9 Å². The fourth-order valence-corrected chi connectivity index (χ4v) is 9.10. The molecule has 1 atom stereocenters. The Morgan fingerprint density at radius 2 is 0.508 bits per heavy atom. The van der Waals surface area contributed by atoms with Crippen LogP contribution in [0.1, 0.15) is 336 Å². The average Bonchev–Trinajstić information content (AvgIpc) is 3.29. The van der Waals surface area contributed by atoms with Crippen molar-refractivity contribution in [3.63, 3.8) is 0 Å². The van der Waals surface area contributed by atoms with Gasteiger partial charge in [-0.25, -0.2) is 0 Å². The van der Waals surface area contributed by atoms with Gasteiger partial charge in [-0.15, -0.1) is 0 Å². The van der Waals surface area contributed by atoms with Gasteiger partial charge in [0.25, 0.3) is 0 Å². The Bertz CT molecular complexity index is 980. The summed E-state index contributed by atoms with van der Waals surface area (Å²) in [5.74, 6) is -0.0104. The highest BCUT2D eigenvalue weighted by molar-refractivity contribution is 5.71. The van der Waals surface area contributed by atoms with Crippen LogP contribution < -0.4 is 0 Å². The van der Waals surface area contributed by atoms with E-state index in [0.717, 1.165) is 63.7 Å². The molecule has 6 heteroatoms. The minimum atomic E-state index is -0.762. The summed E-state index contributed by atoms with van der Waals surface area (Å²) in [6.45, 7) is 9.05. The van der Waals surface area contributed by atoms with Crippen LogP contribution in [0.5, 0.6) is 0 Å². The van der Waals surface area contributed by atoms with Crippen molar-refractivity contribution in [2.24, 2.45) is 5.92 Å². The fourth-order valence-electron chi connectivity index (χ4n) is 9.10. The highest BCUT2D eigenvalue weighted by atomic mass is 16.6. The molecular formula is C59H114O6. The Balaban J connectivity index is 4.27. The number of carbonyl (C=O) groups is 3. The fraction of sp³-hybridized carbons (Fsp3) is 0.949. The summed E-state index contributed by atoms with van der Waals surface area (Å²) in [4.78, 5) is 38.1. The first-order valence-electron chi connectivity index (χ1n) is 29.4. The molecule has 0 aromatic heterocycles. The van der Waals surface area contributed by atoms with Crippen LogP contribution in [0.15, 0.2) is 0 Å². The Hall–Kier alpha value is -1.59. The molecule has 0 spiro atoms. The predicted octanol–water partition coefficient (Wildman–Crippen LogP) is 19.4. The molecule has 0 radical (unpaired) electrons. The van der Waals surface area contributed by atoms with Crippen molar-refractivity contribution < 1.29 is 28.6 Å². The lowest BCUT2D eigenvalue weighted by atomic mass is 10.0. The van der Waals surface area contributed by atoms with Crippen molar-refractivity contribution in [2.45, 2.75) is 342 Å². The summed E-state index contributed by atoms with van der Waals surface area (Å²) in [5, 5.41) is 0. The quantitative estimate of drug-likeness (QED) is 0.0344. The molecule has 65 heavy (non-hydrogen) atoms. The number of esters is 3. The van der Waals surface area contributed by atoms with Crippen LogP contribution in [0.2, 0.25) is 0 Å². The molecule has 0 N–H and O–H groups in total. The minimum absolute atomic E-state index is 0.0619. The van der Waals surface area contributed by atoms with Crippen LogP contribution in [-0.2, 0) is 28.6 Å². The van der Waals surface area contributed by atoms with Crippen molar-refractivity contribution >= 4 is 17.9 Å². The molecule has 386 valence electrons. The second-order valence-electron chi connectivity index (χ2n) is 20.8. The van der Waals surface area contributed by atoms with Gasteiger partial charge >= 0.3 is 17.9 Å². The standard InChI is InChI=1S/C59H114O6/c1-5-7-9-11-13-15-17-19-21-22-23-24-25-27-31-35-39-43-47-51-58(61)64-54-56(65-59(62)52-48-44-40-36-32-28-29-33-37-41-45-49-55(3)4)53-63-57(60)50-46-42-38-34-30-26-20-18-16-14-12-10-8-6-2/h55-56H,5-54H2,1-4H3/t56-/m0/s1. The summed E-state index contributed by atoms with van der Waals surface area (Å²) in [5.41, 5.74) is 0. The lowest BCUT2D eigenvalue weighted by molar-refractivity contribution is -0.167. The molecule has 0 aromatic carbocycles. The third-order valence-corrected chi connectivity index (χ3v) is 13.5. The molecule has 0 aliphatic heterocycles. The van der Waals surface area contributed by atoms with E-state index in [1.807, 2.05) is 0 Å². The maximum atomic E-state index is 12.8. The number of carbonyl (C=O) groups excluding carboxylic acids is 3. The van der Waals surface area contributed by atoms with Crippen LogP contribution in [0.4, 0.5) is 0 Å². The van der Waals surface area contributed by atoms with Gasteiger partial charge in [0, 0.05) is 19.3 Å². The van der Waals surface area contributed by atoms with Crippen LogP contribution in [0.25, 0.3) is 0 Å². The molecule has 6 nitrogen and oxygen atoms in total. The molecule has 0 aliphatic carbocycles.